The lowest BCUT2D eigenvalue weighted by atomic mass is 9.78. The number of aryl methyl sites for hydroxylation is 2. The number of fused-ring (bicyclic) bond motifs is 2. The SMILES string of the molecule is COc1ccc(NC(=O)[C@H]2C[C@H](Cc3ccccc3)N[C@@]23C(=O)Nc2c(C)cc(C)cc23)cc1. The van der Waals surface area contributed by atoms with Crippen LogP contribution in [0.15, 0.2) is 66.7 Å². The summed E-state index contributed by atoms with van der Waals surface area (Å²) in [5.41, 5.74) is 4.47. The third kappa shape index (κ3) is 3.74. The highest BCUT2D eigenvalue weighted by molar-refractivity contribution is 6.11. The zero-order chi connectivity index (χ0) is 23.9. The van der Waals surface area contributed by atoms with Gasteiger partial charge in [0.15, 0.2) is 0 Å². The molecule has 2 heterocycles. The van der Waals surface area contributed by atoms with Crippen molar-refractivity contribution in [1.29, 1.82) is 0 Å². The van der Waals surface area contributed by atoms with E-state index in [0.717, 1.165) is 34.5 Å². The molecule has 0 bridgehead atoms. The first-order chi connectivity index (χ1) is 16.4. The van der Waals surface area contributed by atoms with Gasteiger partial charge in [-0.3, -0.25) is 14.9 Å². The first-order valence-electron chi connectivity index (χ1n) is 11.6. The van der Waals surface area contributed by atoms with Crippen LogP contribution in [0.3, 0.4) is 0 Å². The van der Waals surface area contributed by atoms with Crippen LogP contribution in [0, 0.1) is 19.8 Å². The van der Waals surface area contributed by atoms with Crippen LogP contribution in [0.1, 0.15) is 28.7 Å². The number of nitrogens with one attached hydrogen (secondary N) is 3. The van der Waals surface area contributed by atoms with Gasteiger partial charge in [-0.25, -0.2) is 0 Å². The van der Waals surface area contributed by atoms with E-state index < -0.39 is 11.5 Å². The maximum Gasteiger partial charge on any atom is 0.250 e. The van der Waals surface area contributed by atoms with Crippen molar-refractivity contribution in [3.8, 4) is 5.75 Å². The summed E-state index contributed by atoms with van der Waals surface area (Å²) >= 11 is 0. The Morgan fingerprint density at radius 2 is 1.82 bits per heavy atom. The van der Waals surface area contributed by atoms with Crippen molar-refractivity contribution in [2.24, 2.45) is 5.92 Å². The van der Waals surface area contributed by atoms with Gasteiger partial charge in [-0.1, -0.05) is 48.0 Å². The zero-order valence-electron chi connectivity index (χ0n) is 19.6. The third-order valence-corrected chi connectivity index (χ3v) is 6.98. The lowest BCUT2D eigenvalue weighted by molar-refractivity contribution is -0.130. The van der Waals surface area contributed by atoms with Gasteiger partial charge in [0.05, 0.1) is 13.0 Å². The second-order valence-corrected chi connectivity index (χ2v) is 9.30. The smallest absolute Gasteiger partial charge is 0.250 e. The molecule has 6 nitrogen and oxygen atoms in total. The van der Waals surface area contributed by atoms with Crippen LogP contribution in [-0.4, -0.2) is 25.0 Å². The van der Waals surface area contributed by atoms with E-state index in [2.05, 4.69) is 34.1 Å². The standard InChI is InChI=1S/C28H29N3O3/c1-17-13-18(2)25-23(14-17)28(27(33)30-25)24(16-21(31-28)15-19-7-5-4-6-8-19)26(32)29-20-9-11-22(34-3)12-10-20/h4-14,21,24,31H,15-16H2,1-3H3,(H,29,32)(H,30,33)/t21-,24+,28+/m0/s1. The molecule has 1 saturated heterocycles. The minimum Gasteiger partial charge on any atom is -0.497 e. The van der Waals surface area contributed by atoms with Gasteiger partial charge in [0.25, 0.3) is 0 Å². The topological polar surface area (TPSA) is 79.5 Å². The molecule has 6 heteroatoms. The van der Waals surface area contributed by atoms with Crippen molar-refractivity contribution < 1.29 is 14.3 Å². The third-order valence-electron chi connectivity index (χ3n) is 6.98. The molecule has 3 aromatic carbocycles. The van der Waals surface area contributed by atoms with E-state index >= 15 is 0 Å². The number of methoxy groups -OCH3 is 1. The summed E-state index contributed by atoms with van der Waals surface area (Å²) in [6.07, 6.45) is 1.29. The average molecular weight is 456 g/mol. The minimum absolute atomic E-state index is 0.0217. The summed E-state index contributed by atoms with van der Waals surface area (Å²) < 4.78 is 5.22. The zero-order valence-corrected chi connectivity index (χ0v) is 19.6. The van der Waals surface area contributed by atoms with E-state index in [0.29, 0.717) is 12.1 Å². The summed E-state index contributed by atoms with van der Waals surface area (Å²) in [7, 11) is 1.61. The Hall–Kier alpha value is -3.64. The molecular formula is C28H29N3O3. The molecule has 2 aliphatic rings. The monoisotopic (exact) mass is 455 g/mol. The quantitative estimate of drug-likeness (QED) is 0.535. The van der Waals surface area contributed by atoms with E-state index in [1.165, 1.54) is 5.56 Å². The molecule has 3 atom stereocenters. The number of amides is 2. The fourth-order valence-electron chi connectivity index (χ4n) is 5.45. The van der Waals surface area contributed by atoms with Gasteiger partial charge >= 0.3 is 0 Å². The minimum atomic E-state index is -1.11. The Morgan fingerprint density at radius 3 is 2.53 bits per heavy atom. The van der Waals surface area contributed by atoms with E-state index in [1.807, 2.05) is 50.2 Å². The molecule has 34 heavy (non-hydrogen) atoms. The highest BCUT2D eigenvalue weighted by atomic mass is 16.5. The summed E-state index contributed by atoms with van der Waals surface area (Å²) in [5.74, 6) is -0.183. The van der Waals surface area contributed by atoms with Gasteiger partial charge in [0.2, 0.25) is 11.8 Å². The van der Waals surface area contributed by atoms with E-state index in [4.69, 9.17) is 4.74 Å². The highest BCUT2D eigenvalue weighted by Crippen LogP contribution is 2.49. The van der Waals surface area contributed by atoms with Crippen LogP contribution in [0.4, 0.5) is 11.4 Å². The summed E-state index contributed by atoms with van der Waals surface area (Å²) in [6, 6.07) is 21.5. The lowest BCUT2D eigenvalue weighted by Crippen LogP contribution is -2.52. The molecule has 174 valence electrons. The lowest BCUT2D eigenvalue weighted by Gasteiger charge is -2.29. The van der Waals surface area contributed by atoms with Gasteiger partial charge < -0.3 is 15.4 Å². The fraction of sp³-hybridized carbons (Fsp3) is 0.286. The predicted molar refractivity (Wildman–Crippen MR) is 133 cm³/mol. The van der Waals surface area contributed by atoms with Gasteiger partial charge in [0, 0.05) is 23.0 Å². The van der Waals surface area contributed by atoms with E-state index in [9.17, 15) is 9.59 Å². The Labute approximate surface area is 199 Å². The van der Waals surface area contributed by atoms with Gasteiger partial charge in [-0.05, 0) is 62.1 Å². The molecular weight excluding hydrogens is 426 g/mol. The molecule has 3 aromatic rings. The Balaban J connectivity index is 1.52. The number of hydrogen-bond donors (Lipinski definition) is 3. The Morgan fingerprint density at radius 1 is 1.09 bits per heavy atom. The predicted octanol–water partition coefficient (Wildman–Crippen LogP) is 4.32. The van der Waals surface area contributed by atoms with Crippen LogP contribution in [-0.2, 0) is 21.5 Å². The first-order valence-corrected chi connectivity index (χ1v) is 11.6. The number of anilines is 2. The van der Waals surface area contributed by atoms with Crippen LogP contribution in [0.5, 0.6) is 5.75 Å². The van der Waals surface area contributed by atoms with Crippen molar-refractivity contribution in [1.82, 2.24) is 5.32 Å². The maximum absolute atomic E-state index is 13.7. The first kappa shape index (κ1) is 22.2. The molecule has 0 aromatic heterocycles. The Bertz CT molecular complexity index is 1240. The number of rotatable bonds is 5. The van der Waals surface area contributed by atoms with E-state index in [-0.39, 0.29) is 17.9 Å². The van der Waals surface area contributed by atoms with Crippen LogP contribution < -0.4 is 20.7 Å². The molecule has 0 aliphatic carbocycles. The van der Waals surface area contributed by atoms with Crippen molar-refractivity contribution in [3.63, 3.8) is 0 Å². The van der Waals surface area contributed by atoms with Gasteiger partial charge in [0.1, 0.15) is 11.3 Å². The highest BCUT2D eigenvalue weighted by Gasteiger charge is 2.60. The van der Waals surface area contributed by atoms with Crippen molar-refractivity contribution in [2.75, 3.05) is 17.7 Å². The number of carbonyl (C=O) groups excluding carboxylic acids is 2. The molecule has 0 radical (unpaired) electrons. The van der Waals surface area contributed by atoms with Crippen LogP contribution in [0.2, 0.25) is 0 Å². The molecule has 5 rings (SSSR count). The number of benzene rings is 3. The average Bonchev–Trinajstić information content (AvgIpc) is 3.34. The second kappa shape index (κ2) is 8.61. The Kier molecular flexibility index (Phi) is 5.62. The van der Waals surface area contributed by atoms with E-state index in [1.54, 1.807) is 19.2 Å². The van der Waals surface area contributed by atoms with Crippen molar-refractivity contribution >= 4 is 23.2 Å². The fourth-order valence-corrected chi connectivity index (χ4v) is 5.45. The normalized spacial score (nSPS) is 23.0. The molecule has 3 N–H and O–H groups in total. The molecule has 2 aliphatic heterocycles. The van der Waals surface area contributed by atoms with Gasteiger partial charge in [-0.2, -0.15) is 0 Å². The molecule has 1 fully saturated rings. The second-order valence-electron chi connectivity index (χ2n) is 9.30. The van der Waals surface area contributed by atoms with Crippen molar-refractivity contribution in [3.05, 3.63) is 89.0 Å². The summed E-state index contributed by atoms with van der Waals surface area (Å²) in [6.45, 7) is 4.01. The van der Waals surface area contributed by atoms with Gasteiger partial charge in [-0.15, -0.1) is 0 Å². The number of hydrogen-bond acceptors (Lipinski definition) is 4. The molecule has 0 unspecified atom stereocenters. The van der Waals surface area contributed by atoms with Crippen LogP contribution in [0.25, 0.3) is 0 Å². The summed E-state index contributed by atoms with van der Waals surface area (Å²) in [4.78, 5) is 27.3. The number of ether oxygens (including phenoxy) is 1. The maximum atomic E-state index is 13.7. The largest absolute Gasteiger partial charge is 0.497 e. The molecule has 2 amide bonds. The number of carbonyl (C=O) groups is 2. The summed E-state index contributed by atoms with van der Waals surface area (Å²) in [5, 5.41) is 9.73. The molecule has 0 saturated carbocycles. The van der Waals surface area contributed by atoms with Crippen LogP contribution >= 0.6 is 0 Å². The molecule has 1 spiro atoms. The van der Waals surface area contributed by atoms with Crippen molar-refractivity contribution in [2.45, 2.75) is 38.3 Å².